The normalized spacial score (nSPS) is 20.3. The van der Waals surface area contributed by atoms with E-state index in [1.807, 2.05) is 18.2 Å². The molecule has 0 radical (unpaired) electrons. The van der Waals surface area contributed by atoms with E-state index >= 15 is 0 Å². The van der Waals surface area contributed by atoms with E-state index in [9.17, 15) is 0 Å². The highest BCUT2D eigenvalue weighted by Crippen LogP contribution is 2.35. The van der Waals surface area contributed by atoms with Crippen LogP contribution in [0.5, 0.6) is 0 Å². The maximum absolute atomic E-state index is 5.30. The molecule has 0 aromatic heterocycles. The van der Waals surface area contributed by atoms with E-state index in [1.54, 1.807) is 0 Å². The fourth-order valence-corrected chi connectivity index (χ4v) is 3.10. The Morgan fingerprint density at radius 2 is 2.00 bits per heavy atom. The lowest BCUT2D eigenvalue weighted by Crippen LogP contribution is -2.44. The first-order valence-electron chi connectivity index (χ1n) is 7.50. The average molecular weight is 303 g/mol. The third-order valence-corrected chi connectivity index (χ3v) is 3.89. The van der Waals surface area contributed by atoms with Crippen molar-refractivity contribution >= 4 is 17.3 Å². The Kier molecular flexibility index (Phi) is 5.23. The van der Waals surface area contributed by atoms with Crippen molar-refractivity contribution in [2.24, 2.45) is 11.3 Å². The minimum atomic E-state index is 0.251. The summed E-state index contributed by atoms with van der Waals surface area (Å²) in [6, 6.07) is 10.2. The van der Waals surface area contributed by atoms with Gasteiger partial charge in [0.05, 0.1) is 0 Å². The Morgan fingerprint density at radius 1 is 1.29 bits per heavy atom. The summed E-state index contributed by atoms with van der Waals surface area (Å²) >= 11 is 5.30. The monoisotopic (exact) mass is 303 g/mol. The van der Waals surface area contributed by atoms with Crippen LogP contribution in [0.3, 0.4) is 0 Å². The molecule has 0 unspecified atom stereocenters. The molecule has 1 atom stereocenters. The number of rotatable bonds is 4. The minimum Gasteiger partial charge on any atom is -0.357 e. The second-order valence-corrected chi connectivity index (χ2v) is 7.00. The smallest absolute Gasteiger partial charge is 0.185 e. The first-order valence-corrected chi connectivity index (χ1v) is 7.91. The van der Waals surface area contributed by atoms with Crippen LogP contribution in [0, 0.1) is 11.3 Å². The van der Waals surface area contributed by atoms with Crippen molar-refractivity contribution in [1.82, 2.24) is 16.2 Å². The van der Waals surface area contributed by atoms with Gasteiger partial charge in [-0.25, -0.2) is 0 Å². The summed E-state index contributed by atoms with van der Waals surface area (Å²) in [6.07, 6.45) is 4.60. The van der Waals surface area contributed by atoms with Crippen molar-refractivity contribution in [3.8, 4) is 0 Å². The van der Waals surface area contributed by atoms with Crippen LogP contribution in [0.2, 0.25) is 0 Å². The molecular weight excluding hydrogens is 278 g/mol. The molecular formula is C17H25N3S. The molecule has 4 heteroatoms. The Morgan fingerprint density at radius 3 is 2.67 bits per heavy atom. The van der Waals surface area contributed by atoms with E-state index in [2.05, 4.69) is 55.1 Å². The summed E-state index contributed by atoms with van der Waals surface area (Å²) in [5.74, 6) is 0.695. The standard InChI is InChI=1S/C17H25N3S/c1-13-9-15(11-17(2,3)10-13)19-20-16(21)18-12-14-7-5-4-6-8-14/h4-8,11,13,19H,9-10,12H2,1-3H3,(H2,18,20,21)/t13-/m0/s1. The summed E-state index contributed by atoms with van der Waals surface area (Å²) < 4.78 is 0. The molecule has 1 aromatic carbocycles. The molecule has 0 heterocycles. The molecule has 114 valence electrons. The summed E-state index contributed by atoms with van der Waals surface area (Å²) in [4.78, 5) is 0. The quantitative estimate of drug-likeness (QED) is 0.588. The van der Waals surface area contributed by atoms with Crippen molar-refractivity contribution in [3.05, 3.63) is 47.7 Å². The average Bonchev–Trinajstić information content (AvgIpc) is 2.42. The third-order valence-electron chi connectivity index (χ3n) is 3.64. The van der Waals surface area contributed by atoms with Gasteiger partial charge in [-0.05, 0) is 42.0 Å². The number of hydrazine groups is 1. The largest absolute Gasteiger partial charge is 0.357 e. The van der Waals surface area contributed by atoms with Gasteiger partial charge in [-0.2, -0.15) is 0 Å². The highest BCUT2D eigenvalue weighted by Gasteiger charge is 2.25. The number of thiocarbonyl (C=S) groups is 1. The Hall–Kier alpha value is -1.55. The van der Waals surface area contributed by atoms with Gasteiger partial charge in [-0.3, -0.25) is 5.43 Å². The van der Waals surface area contributed by atoms with Crippen molar-refractivity contribution in [3.63, 3.8) is 0 Å². The number of nitrogens with one attached hydrogen (secondary N) is 3. The highest BCUT2D eigenvalue weighted by molar-refractivity contribution is 7.80. The first kappa shape index (κ1) is 15.8. The number of hydrogen-bond acceptors (Lipinski definition) is 2. The van der Waals surface area contributed by atoms with Gasteiger partial charge in [-0.15, -0.1) is 0 Å². The van der Waals surface area contributed by atoms with Gasteiger partial charge in [0, 0.05) is 12.2 Å². The molecule has 1 aliphatic carbocycles. The van der Waals surface area contributed by atoms with Crippen molar-refractivity contribution in [2.45, 2.75) is 40.2 Å². The number of benzene rings is 1. The van der Waals surface area contributed by atoms with E-state index in [4.69, 9.17) is 12.2 Å². The zero-order valence-corrected chi connectivity index (χ0v) is 13.9. The zero-order valence-electron chi connectivity index (χ0n) is 13.1. The summed E-state index contributed by atoms with van der Waals surface area (Å²) in [7, 11) is 0. The molecule has 0 saturated carbocycles. The molecule has 1 aliphatic rings. The highest BCUT2D eigenvalue weighted by atomic mass is 32.1. The van der Waals surface area contributed by atoms with Crippen molar-refractivity contribution in [2.75, 3.05) is 0 Å². The SMILES string of the molecule is C[C@H]1CC(NNC(=S)NCc2ccccc2)=CC(C)(C)C1. The molecule has 1 aromatic rings. The predicted molar refractivity (Wildman–Crippen MR) is 92.4 cm³/mol. The molecule has 3 N–H and O–H groups in total. The molecule has 0 saturated heterocycles. The van der Waals surface area contributed by atoms with Crippen LogP contribution in [0.1, 0.15) is 39.2 Å². The van der Waals surface area contributed by atoms with E-state index in [-0.39, 0.29) is 5.41 Å². The van der Waals surface area contributed by atoms with Crippen LogP contribution in [-0.4, -0.2) is 5.11 Å². The van der Waals surface area contributed by atoms with Gasteiger partial charge in [0.2, 0.25) is 0 Å². The maximum atomic E-state index is 5.30. The lowest BCUT2D eigenvalue weighted by Gasteiger charge is -2.32. The topological polar surface area (TPSA) is 36.1 Å². The van der Waals surface area contributed by atoms with Gasteiger partial charge < -0.3 is 10.7 Å². The second-order valence-electron chi connectivity index (χ2n) is 6.59. The fourth-order valence-electron chi connectivity index (χ4n) is 2.98. The Labute approximate surface area is 133 Å². The predicted octanol–water partition coefficient (Wildman–Crippen LogP) is 3.50. The van der Waals surface area contributed by atoms with E-state index in [0.29, 0.717) is 11.0 Å². The van der Waals surface area contributed by atoms with E-state index in [0.717, 1.165) is 13.0 Å². The fraction of sp³-hybridized carbons (Fsp3) is 0.471. The van der Waals surface area contributed by atoms with Crippen LogP contribution < -0.4 is 16.2 Å². The van der Waals surface area contributed by atoms with Crippen LogP contribution >= 0.6 is 12.2 Å². The van der Waals surface area contributed by atoms with Gasteiger partial charge >= 0.3 is 0 Å². The zero-order chi connectivity index (χ0) is 15.3. The van der Waals surface area contributed by atoms with Crippen LogP contribution in [0.4, 0.5) is 0 Å². The molecule has 0 spiro atoms. The molecule has 0 amide bonds. The van der Waals surface area contributed by atoms with E-state index in [1.165, 1.54) is 17.7 Å². The molecule has 21 heavy (non-hydrogen) atoms. The second kappa shape index (κ2) is 6.94. The van der Waals surface area contributed by atoms with Gasteiger partial charge in [0.25, 0.3) is 0 Å². The summed E-state index contributed by atoms with van der Waals surface area (Å²) in [5.41, 5.74) is 9.03. The molecule has 0 fully saturated rings. The lowest BCUT2D eigenvalue weighted by molar-refractivity contribution is 0.313. The molecule has 0 aliphatic heterocycles. The van der Waals surface area contributed by atoms with Crippen LogP contribution in [0.15, 0.2) is 42.1 Å². The third kappa shape index (κ3) is 5.38. The molecule has 0 bridgehead atoms. The maximum Gasteiger partial charge on any atom is 0.185 e. The van der Waals surface area contributed by atoms with Crippen molar-refractivity contribution in [1.29, 1.82) is 0 Å². The molecule has 3 nitrogen and oxygen atoms in total. The molecule has 2 rings (SSSR count). The Balaban J connectivity index is 1.77. The first-order chi connectivity index (χ1) is 9.94. The van der Waals surface area contributed by atoms with Crippen LogP contribution in [0.25, 0.3) is 0 Å². The number of allylic oxidation sites excluding steroid dienone is 2. The minimum absolute atomic E-state index is 0.251. The van der Waals surface area contributed by atoms with Gasteiger partial charge in [0.15, 0.2) is 5.11 Å². The van der Waals surface area contributed by atoms with E-state index < -0.39 is 0 Å². The van der Waals surface area contributed by atoms with Gasteiger partial charge in [-0.1, -0.05) is 57.2 Å². The summed E-state index contributed by atoms with van der Waals surface area (Å²) in [5, 5.41) is 3.82. The number of hydrogen-bond donors (Lipinski definition) is 3. The van der Waals surface area contributed by atoms with Gasteiger partial charge in [0.1, 0.15) is 0 Å². The summed E-state index contributed by atoms with van der Waals surface area (Å²) in [6.45, 7) is 7.57. The lowest BCUT2D eigenvalue weighted by atomic mass is 9.76. The Bertz CT molecular complexity index is 508. The van der Waals surface area contributed by atoms with Crippen molar-refractivity contribution < 1.29 is 0 Å². The van der Waals surface area contributed by atoms with Crippen LogP contribution in [-0.2, 0) is 6.54 Å².